The maximum Gasteiger partial charge on any atom is 0.272 e. The Morgan fingerprint density at radius 1 is 1.33 bits per heavy atom. The van der Waals surface area contributed by atoms with Gasteiger partial charge in [-0.3, -0.25) is 4.79 Å². The SMILES string of the molecule is CN(C[C@@]1(O)CCCN(c2ncccn2)C1)C(=O)c1ccncn1. The molecule has 0 spiro atoms. The van der Waals surface area contributed by atoms with Crippen molar-refractivity contribution in [3.63, 3.8) is 0 Å². The summed E-state index contributed by atoms with van der Waals surface area (Å²) in [6.45, 7) is 1.40. The predicted octanol–water partition coefficient (Wildman–Crippen LogP) is 0.370. The number of aliphatic hydroxyl groups is 1. The van der Waals surface area contributed by atoms with Crippen LogP contribution in [0.3, 0.4) is 0 Å². The van der Waals surface area contributed by atoms with E-state index in [1.807, 2.05) is 4.90 Å². The maximum absolute atomic E-state index is 12.4. The molecule has 3 heterocycles. The summed E-state index contributed by atoms with van der Waals surface area (Å²) < 4.78 is 0. The fourth-order valence-corrected chi connectivity index (χ4v) is 2.99. The fraction of sp³-hybridized carbons (Fsp3) is 0.438. The van der Waals surface area contributed by atoms with Crippen molar-refractivity contribution in [1.82, 2.24) is 24.8 Å². The molecular weight excluding hydrogens is 308 g/mol. The van der Waals surface area contributed by atoms with E-state index in [2.05, 4.69) is 19.9 Å². The molecule has 0 aliphatic carbocycles. The van der Waals surface area contributed by atoms with E-state index < -0.39 is 5.60 Å². The Balaban J connectivity index is 1.68. The Bertz CT molecular complexity index is 683. The number of aromatic nitrogens is 4. The van der Waals surface area contributed by atoms with Crippen LogP contribution in [-0.2, 0) is 0 Å². The summed E-state index contributed by atoms with van der Waals surface area (Å²) in [5.74, 6) is 0.360. The lowest BCUT2D eigenvalue weighted by atomic mass is 9.92. The number of β-amino-alcohol motifs (C(OH)–C–C–N with tert-alkyl or cyclic N) is 1. The van der Waals surface area contributed by atoms with Gasteiger partial charge in [0.2, 0.25) is 5.95 Å². The first-order valence-electron chi connectivity index (χ1n) is 7.83. The molecule has 1 aliphatic rings. The van der Waals surface area contributed by atoms with Crippen molar-refractivity contribution in [1.29, 1.82) is 0 Å². The van der Waals surface area contributed by atoms with Crippen LogP contribution in [0.1, 0.15) is 23.3 Å². The lowest BCUT2D eigenvalue weighted by Crippen LogP contribution is -2.55. The molecule has 2 aromatic heterocycles. The van der Waals surface area contributed by atoms with Gasteiger partial charge in [-0.25, -0.2) is 19.9 Å². The second-order valence-corrected chi connectivity index (χ2v) is 6.05. The Labute approximate surface area is 140 Å². The second kappa shape index (κ2) is 6.88. The summed E-state index contributed by atoms with van der Waals surface area (Å²) in [6, 6.07) is 3.32. The Morgan fingerprint density at radius 2 is 2.12 bits per heavy atom. The normalized spacial score (nSPS) is 20.7. The maximum atomic E-state index is 12.4. The van der Waals surface area contributed by atoms with Crippen LogP contribution in [0, 0.1) is 0 Å². The molecule has 0 aromatic carbocycles. The quantitative estimate of drug-likeness (QED) is 0.866. The van der Waals surface area contributed by atoms with Crippen molar-refractivity contribution >= 4 is 11.9 Å². The summed E-state index contributed by atoms with van der Waals surface area (Å²) in [6.07, 6.45) is 7.66. The number of rotatable bonds is 4. The van der Waals surface area contributed by atoms with E-state index in [9.17, 15) is 9.90 Å². The zero-order valence-corrected chi connectivity index (χ0v) is 13.5. The number of amides is 1. The van der Waals surface area contributed by atoms with Gasteiger partial charge in [0, 0.05) is 32.2 Å². The summed E-state index contributed by atoms with van der Waals surface area (Å²) in [5.41, 5.74) is -0.690. The van der Waals surface area contributed by atoms with Gasteiger partial charge in [0.1, 0.15) is 12.0 Å². The molecule has 1 fully saturated rings. The van der Waals surface area contributed by atoms with Crippen molar-refractivity contribution in [2.24, 2.45) is 0 Å². The van der Waals surface area contributed by atoms with Gasteiger partial charge >= 0.3 is 0 Å². The van der Waals surface area contributed by atoms with Gasteiger partial charge in [-0.15, -0.1) is 0 Å². The lowest BCUT2D eigenvalue weighted by molar-refractivity contribution is -0.000444. The Kier molecular flexibility index (Phi) is 4.66. The highest BCUT2D eigenvalue weighted by Gasteiger charge is 2.36. The first-order valence-corrected chi connectivity index (χ1v) is 7.83. The number of anilines is 1. The zero-order chi connectivity index (χ0) is 17.0. The van der Waals surface area contributed by atoms with Crippen molar-refractivity contribution in [2.45, 2.75) is 18.4 Å². The van der Waals surface area contributed by atoms with E-state index in [1.165, 1.54) is 17.4 Å². The Morgan fingerprint density at radius 3 is 2.83 bits per heavy atom. The molecule has 1 aliphatic heterocycles. The lowest BCUT2D eigenvalue weighted by Gasteiger charge is -2.41. The molecule has 126 valence electrons. The van der Waals surface area contributed by atoms with Crippen LogP contribution in [0.25, 0.3) is 0 Å². The number of hydrogen-bond acceptors (Lipinski definition) is 7. The van der Waals surface area contributed by atoms with Crippen LogP contribution in [0.4, 0.5) is 5.95 Å². The molecule has 8 nitrogen and oxygen atoms in total. The van der Waals surface area contributed by atoms with E-state index in [0.29, 0.717) is 24.6 Å². The van der Waals surface area contributed by atoms with Crippen molar-refractivity contribution in [2.75, 3.05) is 31.6 Å². The number of nitrogens with zero attached hydrogens (tertiary/aromatic N) is 6. The number of carbonyl (C=O) groups is 1. The molecule has 1 atom stereocenters. The van der Waals surface area contributed by atoms with Gasteiger partial charge in [0.05, 0.1) is 18.7 Å². The van der Waals surface area contributed by atoms with Crippen LogP contribution < -0.4 is 4.90 Å². The van der Waals surface area contributed by atoms with Crippen LogP contribution in [-0.4, -0.2) is 68.1 Å². The number of carbonyl (C=O) groups excluding carboxylic acids is 1. The molecule has 1 amide bonds. The molecule has 0 bridgehead atoms. The van der Waals surface area contributed by atoms with Crippen molar-refractivity contribution in [3.8, 4) is 0 Å². The third-order valence-electron chi connectivity index (χ3n) is 4.07. The fourth-order valence-electron chi connectivity index (χ4n) is 2.99. The minimum absolute atomic E-state index is 0.221. The van der Waals surface area contributed by atoms with E-state index in [0.717, 1.165) is 13.0 Å². The standard InChI is InChI=1S/C16H20N6O2/c1-21(14(23)13-4-8-17-12-20-13)10-16(24)5-2-9-22(11-16)15-18-6-3-7-19-15/h3-4,6-8,12,24H,2,5,9-11H2,1H3/t16-/m0/s1. The smallest absolute Gasteiger partial charge is 0.272 e. The molecule has 0 unspecified atom stereocenters. The summed E-state index contributed by atoms with van der Waals surface area (Å²) in [7, 11) is 1.67. The van der Waals surface area contributed by atoms with E-state index in [-0.39, 0.29) is 12.5 Å². The minimum Gasteiger partial charge on any atom is -0.386 e. The molecule has 2 aromatic rings. The van der Waals surface area contributed by atoms with Crippen LogP contribution in [0.2, 0.25) is 0 Å². The average molecular weight is 328 g/mol. The number of hydrogen-bond donors (Lipinski definition) is 1. The first kappa shape index (κ1) is 16.3. The van der Waals surface area contributed by atoms with Gasteiger partial charge in [-0.2, -0.15) is 0 Å². The second-order valence-electron chi connectivity index (χ2n) is 6.05. The van der Waals surface area contributed by atoms with Gasteiger partial charge in [-0.1, -0.05) is 0 Å². The highest BCUT2D eigenvalue weighted by atomic mass is 16.3. The van der Waals surface area contributed by atoms with Gasteiger partial charge in [0.15, 0.2) is 0 Å². The van der Waals surface area contributed by atoms with E-state index >= 15 is 0 Å². The van der Waals surface area contributed by atoms with Crippen LogP contribution in [0.5, 0.6) is 0 Å². The predicted molar refractivity (Wildman–Crippen MR) is 87.4 cm³/mol. The molecule has 3 rings (SSSR count). The monoisotopic (exact) mass is 328 g/mol. The highest BCUT2D eigenvalue weighted by molar-refractivity contribution is 5.92. The van der Waals surface area contributed by atoms with Crippen molar-refractivity contribution < 1.29 is 9.90 Å². The summed E-state index contributed by atoms with van der Waals surface area (Å²) in [4.78, 5) is 32.1. The molecule has 1 N–H and O–H groups in total. The largest absolute Gasteiger partial charge is 0.386 e. The molecule has 1 saturated heterocycles. The number of piperidine rings is 1. The molecule has 0 saturated carbocycles. The molecule has 8 heteroatoms. The van der Waals surface area contributed by atoms with Crippen LogP contribution in [0.15, 0.2) is 37.1 Å². The summed E-state index contributed by atoms with van der Waals surface area (Å²) >= 11 is 0. The van der Waals surface area contributed by atoms with Crippen LogP contribution >= 0.6 is 0 Å². The Hall–Kier alpha value is -2.61. The topological polar surface area (TPSA) is 95.3 Å². The molecular formula is C16H20N6O2. The third-order valence-corrected chi connectivity index (χ3v) is 4.07. The third kappa shape index (κ3) is 3.65. The number of likely N-dealkylation sites (N-methyl/N-ethyl adjacent to an activating group) is 1. The van der Waals surface area contributed by atoms with Gasteiger partial charge < -0.3 is 14.9 Å². The average Bonchev–Trinajstić information content (AvgIpc) is 2.62. The van der Waals surface area contributed by atoms with E-state index in [1.54, 1.807) is 31.6 Å². The summed E-state index contributed by atoms with van der Waals surface area (Å²) in [5, 5.41) is 10.9. The van der Waals surface area contributed by atoms with Gasteiger partial charge in [0.25, 0.3) is 5.91 Å². The highest BCUT2D eigenvalue weighted by Crippen LogP contribution is 2.24. The van der Waals surface area contributed by atoms with Crippen molar-refractivity contribution in [3.05, 3.63) is 42.7 Å². The molecule has 0 radical (unpaired) electrons. The van der Waals surface area contributed by atoms with Gasteiger partial charge in [-0.05, 0) is 25.0 Å². The molecule has 24 heavy (non-hydrogen) atoms. The minimum atomic E-state index is -1.01. The van der Waals surface area contributed by atoms with E-state index in [4.69, 9.17) is 0 Å². The first-order chi connectivity index (χ1) is 11.6. The zero-order valence-electron chi connectivity index (χ0n) is 13.5.